The number of aromatic nitrogens is 3. The lowest BCUT2D eigenvalue weighted by atomic mass is 9.69. The molecule has 0 unspecified atom stereocenters. The summed E-state index contributed by atoms with van der Waals surface area (Å²) in [5, 5.41) is 21.0. The highest BCUT2D eigenvalue weighted by atomic mass is 32.2. The van der Waals surface area contributed by atoms with Crippen LogP contribution >= 0.6 is 23.1 Å². The first kappa shape index (κ1) is 26.0. The van der Waals surface area contributed by atoms with Gasteiger partial charge in [-0.25, -0.2) is 4.98 Å². The van der Waals surface area contributed by atoms with Crippen LogP contribution in [0.15, 0.2) is 23.4 Å². The minimum Gasteiger partial charge on any atom is -0.497 e. The standard InChI is InChI=1S/C26H31N5O3S2/c1-6-26(2,3)16-7-8-19-20(13-27)24(36-21(19)11-16)28-22(32)14-35-25-29-23(30-31-25)15-9-17(33-4)12-18(10-15)34-5/h9-10,12,16H,6-8,11,14H2,1-5H3,(H,28,32)(H,29,30,31)/t16-/m1/s1. The fourth-order valence-electron chi connectivity index (χ4n) is 4.43. The van der Waals surface area contributed by atoms with Crippen LogP contribution < -0.4 is 14.8 Å². The molecular formula is C26H31N5O3S2. The van der Waals surface area contributed by atoms with E-state index in [0.29, 0.717) is 39.0 Å². The van der Waals surface area contributed by atoms with Gasteiger partial charge in [-0.15, -0.1) is 16.4 Å². The van der Waals surface area contributed by atoms with Gasteiger partial charge < -0.3 is 14.8 Å². The number of nitrogens with one attached hydrogen (secondary N) is 2. The number of hydrogen-bond donors (Lipinski definition) is 2. The van der Waals surface area contributed by atoms with Gasteiger partial charge in [-0.05, 0) is 48.3 Å². The van der Waals surface area contributed by atoms with Crippen LogP contribution in [-0.2, 0) is 17.6 Å². The maximum atomic E-state index is 12.7. The molecule has 0 bridgehead atoms. The molecule has 1 aromatic carbocycles. The fraction of sp³-hybridized carbons (Fsp3) is 0.462. The minimum absolute atomic E-state index is 0.137. The van der Waals surface area contributed by atoms with Crippen molar-refractivity contribution in [3.8, 4) is 29.0 Å². The van der Waals surface area contributed by atoms with E-state index >= 15 is 0 Å². The van der Waals surface area contributed by atoms with Crippen LogP contribution in [0.5, 0.6) is 11.5 Å². The number of hydrogen-bond acceptors (Lipinski definition) is 8. The minimum atomic E-state index is -0.185. The number of thioether (sulfide) groups is 1. The lowest BCUT2D eigenvalue weighted by Crippen LogP contribution is -2.28. The Morgan fingerprint density at radius 2 is 2.03 bits per heavy atom. The second-order valence-electron chi connectivity index (χ2n) is 9.51. The molecular weight excluding hydrogens is 494 g/mol. The molecule has 2 N–H and O–H groups in total. The van der Waals surface area contributed by atoms with Crippen LogP contribution in [0.1, 0.15) is 49.6 Å². The van der Waals surface area contributed by atoms with Crippen molar-refractivity contribution >= 4 is 34.0 Å². The predicted molar refractivity (Wildman–Crippen MR) is 143 cm³/mol. The quantitative estimate of drug-likeness (QED) is 0.345. The summed E-state index contributed by atoms with van der Waals surface area (Å²) in [5.41, 5.74) is 2.76. The first-order valence-corrected chi connectivity index (χ1v) is 13.7. The summed E-state index contributed by atoms with van der Waals surface area (Å²) in [5.74, 6) is 2.38. The molecule has 0 saturated heterocycles. The molecule has 2 aromatic heterocycles. The van der Waals surface area contributed by atoms with E-state index in [2.05, 4.69) is 47.3 Å². The van der Waals surface area contributed by atoms with E-state index in [1.165, 1.54) is 16.6 Å². The topological polar surface area (TPSA) is 113 Å². The molecule has 0 aliphatic heterocycles. The normalized spacial score (nSPS) is 15.2. The van der Waals surface area contributed by atoms with Crippen molar-refractivity contribution in [1.29, 1.82) is 5.26 Å². The molecule has 2 heterocycles. The van der Waals surface area contributed by atoms with Crippen LogP contribution in [0.25, 0.3) is 11.4 Å². The second kappa shape index (κ2) is 10.9. The van der Waals surface area contributed by atoms with E-state index in [0.717, 1.165) is 36.8 Å². The predicted octanol–water partition coefficient (Wildman–Crippen LogP) is 5.69. The first-order valence-electron chi connectivity index (χ1n) is 11.9. The average molecular weight is 526 g/mol. The van der Waals surface area contributed by atoms with Crippen molar-refractivity contribution in [2.75, 3.05) is 25.3 Å². The number of methoxy groups -OCH3 is 2. The van der Waals surface area contributed by atoms with Crippen molar-refractivity contribution < 1.29 is 14.3 Å². The third kappa shape index (κ3) is 5.52. The van der Waals surface area contributed by atoms with Crippen molar-refractivity contribution in [1.82, 2.24) is 15.2 Å². The lowest BCUT2D eigenvalue weighted by molar-refractivity contribution is -0.113. The highest BCUT2D eigenvalue weighted by Crippen LogP contribution is 2.45. The van der Waals surface area contributed by atoms with Crippen LogP contribution in [-0.4, -0.2) is 41.1 Å². The Labute approximate surface area is 219 Å². The van der Waals surface area contributed by atoms with Gasteiger partial charge in [-0.3, -0.25) is 9.89 Å². The Morgan fingerprint density at radius 1 is 1.31 bits per heavy atom. The average Bonchev–Trinajstić information content (AvgIpc) is 3.50. The Morgan fingerprint density at radius 3 is 2.67 bits per heavy atom. The van der Waals surface area contributed by atoms with E-state index < -0.39 is 0 Å². The molecule has 0 spiro atoms. The van der Waals surface area contributed by atoms with Crippen LogP contribution in [0, 0.1) is 22.7 Å². The Bertz CT molecular complexity index is 1270. The maximum Gasteiger partial charge on any atom is 0.235 e. The van der Waals surface area contributed by atoms with Crippen molar-refractivity contribution in [3.63, 3.8) is 0 Å². The Balaban J connectivity index is 1.41. The second-order valence-corrected chi connectivity index (χ2v) is 11.6. The monoisotopic (exact) mass is 525 g/mol. The number of carbonyl (C=O) groups is 1. The van der Waals surface area contributed by atoms with Gasteiger partial charge in [-0.1, -0.05) is 39.0 Å². The van der Waals surface area contributed by atoms with Gasteiger partial charge in [0.25, 0.3) is 0 Å². The molecule has 1 atom stereocenters. The summed E-state index contributed by atoms with van der Waals surface area (Å²) in [7, 11) is 3.18. The van der Waals surface area contributed by atoms with Gasteiger partial charge in [-0.2, -0.15) is 5.26 Å². The zero-order chi connectivity index (χ0) is 25.9. The summed E-state index contributed by atoms with van der Waals surface area (Å²) >= 11 is 2.78. The summed E-state index contributed by atoms with van der Waals surface area (Å²) < 4.78 is 10.6. The Kier molecular flexibility index (Phi) is 7.91. The maximum absolute atomic E-state index is 12.7. The van der Waals surface area contributed by atoms with Crippen molar-refractivity contribution in [2.45, 2.75) is 51.6 Å². The number of nitrogens with zero attached hydrogens (tertiary/aromatic N) is 3. The molecule has 0 radical (unpaired) electrons. The summed E-state index contributed by atoms with van der Waals surface area (Å²) in [6.07, 6.45) is 4.06. The number of fused-ring (bicyclic) bond motifs is 1. The molecule has 1 aliphatic rings. The number of rotatable bonds is 9. The number of aromatic amines is 1. The number of benzene rings is 1. The number of amides is 1. The molecule has 0 fully saturated rings. The third-order valence-electron chi connectivity index (χ3n) is 7.07. The highest BCUT2D eigenvalue weighted by Gasteiger charge is 2.34. The lowest BCUT2D eigenvalue weighted by Gasteiger charge is -2.36. The van der Waals surface area contributed by atoms with Crippen LogP contribution in [0.4, 0.5) is 5.00 Å². The zero-order valence-electron chi connectivity index (χ0n) is 21.2. The number of nitriles is 1. The summed E-state index contributed by atoms with van der Waals surface area (Å²) in [4.78, 5) is 18.5. The van der Waals surface area contributed by atoms with Gasteiger partial charge in [0.15, 0.2) is 5.82 Å². The van der Waals surface area contributed by atoms with Gasteiger partial charge in [0.2, 0.25) is 11.1 Å². The van der Waals surface area contributed by atoms with Gasteiger partial charge in [0.05, 0.1) is 25.5 Å². The van der Waals surface area contributed by atoms with E-state index in [9.17, 15) is 10.1 Å². The fourth-order valence-corrected chi connectivity index (χ4v) is 6.32. The Hall–Kier alpha value is -3.03. The first-order chi connectivity index (χ1) is 17.3. The number of thiophene rings is 1. The van der Waals surface area contributed by atoms with Gasteiger partial charge in [0, 0.05) is 16.5 Å². The molecule has 1 aliphatic carbocycles. The summed E-state index contributed by atoms with van der Waals surface area (Å²) in [6, 6.07) is 7.77. The molecule has 4 rings (SSSR count). The highest BCUT2D eigenvalue weighted by molar-refractivity contribution is 7.99. The SMILES string of the molecule is CCC(C)(C)[C@@H]1CCc2c(sc(NC(=O)CSc3n[nH]c(-c4cc(OC)cc(OC)c4)n3)c2C#N)C1. The van der Waals surface area contributed by atoms with Gasteiger partial charge >= 0.3 is 0 Å². The molecule has 0 saturated carbocycles. The number of H-pyrrole nitrogens is 1. The third-order valence-corrected chi connectivity index (χ3v) is 9.09. The molecule has 36 heavy (non-hydrogen) atoms. The molecule has 8 nitrogen and oxygen atoms in total. The van der Waals surface area contributed by atoms with E-state index in [1.807, 2.05) is 12.1 Å². The smallest absolute Gasteiger partial charge is 0.235 e. The molecule has 10 heteroatoms. The molecule has 1 amide bonds. The van der Waals surface area contributed by atoms with Gasteiger partial charge in [0.1, 0.15) is 22.6 Å². The largest absolute Gasteiger partial charge is 0.497 e. The van der Waals surface area contributed by atoms with E-state index in [-0.39, 0.29) is 17.1 Å². The number of carbonyl (C=O) groups excluding carboxylic acids is 1. The molecule has 190 valence electrons. The number of anilines is 1. The van der Waals surface area contributed by atoms with Crippen molar-refractivity contribution in [3.05, 3.63) is 34.2 Å². The zero-order valence-corrected chi connectivity index (χ0v) is 22.9. The molecule has 3 aromatic rings. The van der Waals surface area contributed by atoms with Crippen LogP contribution in [0.2, 0.25) is 0 Å². The summed E-state index contributed by atoms with van der Waals surface area (Å²) in [6.45, 7) is 6.88. The number of ether oxygens (including phenoxy) is 2. The van der Waals surface area contributed by atoms with Crippen molar-refractivity contribution in [2.24, 2.45) is 11.3 Å². The van der Waals surface area contributed by atoms with E-state index in [4.69, 9.17) is 9.47 Å². The van der Waals surface area contributed by atoms with Crippen LogP contribution in [0.3, 0.4) is 0 Å². The van der Waals surface area contributed by atoms with E-state index in [1.54, 1.807) is 31.6 Å².